The van der Waals surface area contributed by atoms with Crippen molar-refractivity contribution in [3.8, 4) is 0 Å². The lowest BCUT2D eigenvalue weighted by Crippen LogP contribution is -2.09. The lowest BCUT2D eigenvalue weighted by molar-refractivity contribution is 0.573. The van der Waals surface area contributed by atoms with Crippen LogP contribution in [-0.2, 0) is 6.54 Å². The molecule has 3 heterocycles. The molecule has 110 valence electrons. The van der Waals surface area contributed by atoms with Crippen LogP contribution >= 0.6 is 0 Å². The van der Waals surface area contributed by atoms with Gasteiger partial charge in [-0.05, 0) is 51.0 Å². The summed E-state index contributed by atoms with van der Waals surface area (Å²) in [7, 11) is 0. The van der Waals surface area contributed by atoms with Gasteiger partial charge in [0.15, 0.2) is 5.65 Å². The molecular formula is C15H20N6. The van der Waals surface area contributed by atoms with Gasteiger partial charge in [0.05, 0.1) is 5.69 Å². The summed E-state index contributed by atoms with van der Waals surface area (Å²) in [6, 6.07) is 6.14. The first kappa shape index (κ1) is 13.6. The molecule has 1 N–H and O–H groups in total. The Morgan fingerprint density at radius 2 is 2.00 bits per heavy atom. The Kier molecular flexibility index (Phi) is 3.60. The number of aryl methyl sites for hydroxylation is 4. The second kappa shape index (κ2) is 5.55. The highest BCUT2D eigenvalue weighted by Crippen LogP contribution is 2.08. The number of hydrogen-bond acceptors (Lipinski definition) is 4. The molecule has 3 aromatic rings. The topological polar surface area (TPSA) is 60.0 Å². The first-order valence-corrected chi connectivity index (χ1v) is 7.20. The summed E-state index contributed by atoms with van der Waals surface area (Å²) in [5.74, 6) is 0.675. The number of nitrogens with one attached hydrogen (secondary N) is 1. The molecule has 6 heteroatoms. The summed E-state index contributed by atoms with van der Waals surface area (Å²) < 4.78 is 3.83. The Morgan fingerprint density at radius 3 is 2.76 bits per heavy atom. The van der Waals surface area contributed by atoms with Crippen LogP contribution in [0.15, 0.2) is 24.4 Å². The molecule has 0 fully saturated rings. The molecule has 0 aromatic carbocycles. The number of rotatable bonds is 5. The van der Waals surface area contributed by atoms with Gasteiger partial charge in [-0.1, -0.05) is 0 Å². The minimum absolute atomic E-state index is 0.675. The maximum atomic E-state index is 4.46. The van der Waals surface area contributed by atoms with E-state index < -0.39 is 0 Å². The van der Waals surface area contributed by atoms with E-state index in [4.69, 9.17) is 0 Å². The maximum absolute atomic E-state index is 4.46. The zero-order valence-corrected chi connectivity index (χ0v) is 12.7. The van der Waals surface area contributed by atoms with Gasteiger partial charge in [-0.3, -0.25) is 4.68 Å². The Labute approximate surface area is 123 Å². The van der Waals surface area contributed by atoms with Crippen LogP contribution in [0.4, 0.5) is 5.95 Å². The average Bonchev–Trinajstić information content (AvgIpc) is 2.97. The quantitative estimate of drug-likeness (QED) is 0.731. The number of anilines is 1. The Balaban J connectivity index is 1.55. The monoisotopic (exact) mass is 284 g/mol. The van der Waals surface area contributed by atoms with E-state index >= 15 is 0 Å². The molecule has 0 aliphatic carbocycles. The summed E-state index contributed by atoms with van der Waals surface area (Å²) in [5, 5.41) is 12.1. The molecule has 0 atom stereocenters. The van der Waals surface area contributed by atoms with E-state index in [1.165, 1.54) is 11.3 Å². The second-order valence-electron chi connectivity index (χ2n) is 5.37. The molecule has 21 heavy (non-hydrogen) atoms. The number of pyridine rings is 1. The van der Waals surface area contributed by atoms with Crippen LogP contribution in [0.2, 0.25) is 0 Å². The van der Waals surface area contributed by atoms with Crippen LogP contribution in [0.5, 0.6) is 0 Å². The Hall–Kier alpha value is -2.37. The Morgan fingerprint density at radius 1 is 1.14 bits per heavy atom. The average molecular weight is 284 g/mol. The van der Waals surface area contributed by atoms with Gasteiger partial charge in [0, 0.05) is 25.0 Å². The molecule has 0 saturated heterocycles. The van der Waals surface area contributed by atoms with Gasteiger partial charge in [0.25, 0.3) is 0 Å². The lowest BCUT2D eigenvalue weighted by Gasteiger charge is -2.04. The number of hydrogen-bond donors (Lipinski definition) is 1. The summed E-state index contributed by atoms with van der Waals surface area (Å²) in [6.07, 6.45) is 2.91. The summed E-state index contributed by atoms with van der Waals surface area (Å²) >= 11 is 0. The van der Waals surface area contributed by atoms with Crippen molar-refractivity contribution in [3.05, 3.63) is 41.3 Å². The summed E-state index contributed by atoms with van der Waals surface area (Å²) in [6.45, 7) is 7.88. The number of aromatic nitrogens is 5. The Bertz CT molecular complexity index is 755. The first-order valence-electron chi connectivity index (χ1n) is 7.20. The fourth-order valence-corrected chi connectivity index (χ4v) is 2.39. The van der Waals surface area contributed by atoms with E-state index in [1.54, 1.807) is 4.52 Å². The predicted molar refractivity (Wildman–Crippen MR) is 82.5 cm³/mol. The molecule has 0 aliphatic heterocycles. The van der Waals surface area contributed by atoms with Crippen molar-refractivity contribution in [2.24, 2.45) is 0 Å². The van der Waals surface area contributed by atoms with Crippen LogP contribution in [0, 0.1) is 20.8 Å². The lowest BCUT2D eigenvalue weighted by atomic mass is 10.3. The largest absolute Gasteiger partial charge is 0.353 e. The van der Waals surface area contributed by atoms with E-state index in [2.05, 4.69) is 40.4 Å². The van der Waals surface area contributed by atoms with Gasteiger partial charge < -0.3 is 5.32 Å². The van der Waals surface area contributed by atoms with Gasteiger partial charge in [-0.25, -0.2) is 4.52 Å². The highest BCUT2D eigenvalue weighted by Gasteiger charge is 2.03. The molecule has 0 spiro atoms. The second-order valence-corrected chi connectivity index (χ2v) is 5.37. The minimum atomic E-state index is 0.675. The smallest absolute Gasteiger partial charge is 0.243 e. The third-order valence-electron chi connectivity index (χ3n) is 3.43. The molecule has 0 radical (unpaired) electrons. The zero-order valence-electron chi connectivity index (χ0n) is 12.7. The van der Waals surface area contributed by atoms with Gasteiger partial charge in [-0.15, -0.1) is 5.10 Å². The summed E-state index contributed by atoms with van der Waals surface area (Å²) in [4.78, 5) is 4.46. The first-order chi connectivity index (χ1) is 10.1. The van der Waals surface area contributed by atoms with Gasteiger partial charge in [-0.2, -0.15) is 10.1 Å². The fraction of sp³-hybridized carbons (Fsp3) is 0.400. The van der Waals surface area contributed by atoms with E-state index in [9.17, 15) is 0 Å². The zero-order chi connectivity index (χ0) is 14.8. The molecule has 0 aliphatic rings. The van der Waals surface area contributed by atoms with E-state index in [0.717, 1.165) is 30.9 Å². The normalized spacial score (nSPS) is 11.2. The van der Waals surface area contributed by atoms with Crippen molar-refractivity contribution in [1.29, 1.82) is 0 Å². The predicted octanol–water partition coefficient (Wildman–Crippen LogP) is 2.35. The third-order valence-corrected chi connectivity index (χ3v) is 3.43. The molecule has 0 saturated carbocycles. The van der Waals surface area contributed by atoms with Crippen molar-refractivity contribution in [2.75, 3.05) is 11.9 Å². The van der Waals surface area contributed by atoms with Crippen molar-refractivity contribution >= 4 is 11.6 Å². The highest BCUT2D eigenvalue weighted by molar-refractivity contribution is 5.45. The number of nitrogens with zero attached hydrogens (tertiary/aromatic N) is 5. The molecule has 3 aromatic heterocycles. The molecule has 0 bridgehead atoms. The fourth-order valence-electron chi connectivity index (χ4n) is 2.39. The number of fused-ring (bicyclic) bond motifs is 1. The molecular weight excluding hydrogens is 264 g/mol. The van der Waals surface area contributed by atoms with E-state index in [0.29, 0.717) is 5.95 Å². The van der Waals surface area contributed by atoms with Crippen LogP contribution in [0.25, 0.3) is 5.65 Å². The van der Waals surface area contributed by atoms with Crippen LogP contribution in [-0.4, -0.2) is 30.9 Å². The van der Waals surface area contributed by atoms with Crippen molar-refractivity contribution in [2.45, 2.75) is 33.7 Å². The minimum Gasteiger partial charge on any atom is -0.353 e. The summed E-state index contributed by atoms with van der Waals surface area (Å²) in [5.41, 5.74) is 4.33. The molecule has 6 nitrogen and oxygen atoms in total. The van der Waals surface area contributed by atoms with E-state index in [-0.39, 0.29) is 0 Å². The van der Waals surface area contributed by atoms with Gasteiger partial charge in [0.2, 0.25) is 5.95 Å². The van der Waals surface area contributed by atoms with Crippen LogP contribution < -0.4 is 5.32 Å². The van der Waals surface area contributed by atoms with Gasteiger partial charge >= 0.3 is 0 Å². The maximum Gasteiger partial charge on any atom is 0.243 e. The highest BCUT2D eigenvalue weighted by atomic mass is 15.3. The third kappa shape index (κ3) is 3.04. The van der Waals surface area contributed by atoms with Crippen LogP contribution in [0.3, 0.4) is 0 Å². The van der Waals surface area contributed by atoms with Crippen molar-refractivity contribution in [3.63, 3.8) is 0 Å². The van der Waals surface area contributed by atoms with E-state index in [1.807, 2.05) is 29.9 Å². The van der Waals surface area contributed by atoms with Gasteiger partial charge in [0.1, 0.15) is 0 Å². The van der Waals surface area contributed by atoms with Crippen molar-refractivity contribution in [1.82, 2.24) is 24.4 Å². The SMILES string of the molecule is Cc1ccn2nc(NCCCn3nc(C)cc3C)nc2c1. The molecule has 0 amide bonds. The molecule has 3 rings (SSSR count). The van der Waals surface area contributed by atoms with Crippen LogP contribution in [0.1, 0.15) is 23.4 Å². The molecule has 0 unspecified atom stereocenters. The standard InChI is InChI=1S/C15H20N6/c1-11-5-8-21-14(9-11)17-15(19-21)16-6-4-7-20-13(3)10-12(2)18-20/h5,8-10H,4,6-7H2,1-3H3,(H,16,19). The van der Waals surface area contributed by atoms with Crippen molar-refractivity contribution < 1.29 is 0 Å².